The summed E-state index contributed by atoms with van der Waals surface area (Å²) in [6, 6.07) is 5.85. The molecule has 1 amide bonds. The molecule has 7 heteroatoms. The smallest absolute Gasteiger partial charge is 0.271 e. The molecule has 3 aromatic rings. The van der Waals surface area contributed by atoms with Crippen molar-refractivity contribution in [3.63, 3.8) is 0 Å². The molecule has 1 aliphatic rings. The highest BCUT2D eigenvalue weighted by molar-refractivity contribution is 9.10. The van der Waals surface area contributed by atoms with Crippen molar-refractivity contribution >= 4 is 43.8 Å². The molecule has 23 heavy (non-hydrogen) atoms. The van der Waals surface area contributed by atoms with Gasteiger partial charge in [0.05, 0.1) is 0 Å². The summed E-state index contributed by atoms with van der Waals surface area (Å²) in [6.07, 6.45) is 3.81. The average molecular weight is 390 g/mol. The number of halogens is 1. The van der Waals surface area contributed by atoms with E-state index >= 15 is 0 Å². The Hall–Kier alpha value is -1.99. The minimum atomic E-state index is -0.320. The van der Waals surface area contributed by atoms with Crippen LogP contribution in [0, 0.1) is 0 Å². The lowest BCUT2D eigenvalue weighted by atomic mass is 10.1. The molecule has 1 aromatic carbocycles. The van der Waals surface area contributed by atoms with Crippen molar-refractivity contribution in [2.45, 2.75) is 19.4 Å². The number of benzene rings is 1. The number of rotatable bonds is 1. The number of thiazole rings is 1. The zero-order valence-corrected chi connectivity index (χ0v) is 14.6. The van der Waals surface area contributed by atoms with Crippen LogP contribution < -0.4 is 10.5 Å². The van der Waals surface area contributed by atoms with Crippen LogP contribution in [-0.4, -0.2) is 21.3 Å². The van der Waals surface area contributed by atoms with Gasteiger partial charge in [-0.1, -0.05) is 15.9 Å². The molecular formula is C16H12BrN3O2S. The summed E-state index contributed by atoms with van der Waals surface area (Å²) in [5, 5.41) is 1.78. The van der Waals surface area contributed by atoms with Crippen LogP contribution in [-0.2, 0) is 6.42 Å². The first-order valence-electron chi connectivity index (χ1n) is 7.13. The van der Waals surface area contributed by atoms with Crippen LogP contribution >= 0.6 is 27.3 Å². The molecular weight excluding hydrogens is 378 g/mol. The highest BCUT2D eigenvalue weighted by atomic mass is 79.9. The fourth-order valence-electron chi connectivity index (χ4n) is 3.01. The quantitative estimate of drug-likeness (QED) is 0.642. The van der Waals surface area contributed by atoms with Crippen LogP contribution in [0.2, 0.25) is 0 Å². The van der Waals surface area contributed by atoms with Gasteiger partial charge in [0.25, 0.3) is 11.5 Å². The molecule has 1 atom stereocenters. The van der Waals surface area contributed by atoms with Crippen molar-refractivity contribution in [1.82, 2.24) is 9.38 Å². The zero-order valence-electron chi connectivity index (χ0n) is 12.2. The summed E-state index contributed by atoms with van der Waals surface area (Å²) in [5.41, 5.74) is 1.74. The van der Waals surface area contributed by atoms with Crippen LogP contribution in [0.1, 0.15) is 22.8 Å². The summed E-state index contributed by atoms with van der Waals surface area (Å²) < 4.78 is 2.40. The topological polar surface area (TPSA) is 54.7 Å². The molecule has 0 N–H and O–H groups in total. The number of anilines is 1. The molecule has 2 aromatic heterocycles. The van der Waals surface area contributed by atoms with Crippen LogP contribution in [0.3, 0.4) is 0 Å². The number of aromatic nitrogens is 2. The first-order valence-corrected chi connectivity index (χ1v) is 8.80. The summed E-state index contributed by atoms with van der Waals surface area (Å²) >= 11 is 4.82. The van der Waals surface area contributed by atoms with Gasteiger partial charge >= 0.3 is 0 Å². The molecule has 0 unspecified atom stereocenters. The van der Waals surface area contributed by atoms with Crippen LogP contribution in [0.4, 0.5) is 5.69 Å². The van der Waals surface area contributed by atoms with Gasteiger partial charge in [-0.05, 0) is 37.1 Å². The lowest BCUT2D eigenvalue weighted by molar-refractivity contribution is 0.0979. The molecule has 0 spiro atoms. The van der Waals surface area contributed by atoms with Gasteiger partial charge in [0, 0.05) is 34.0 Å². The zero-order chi connectivity index (χ0) is 16.1. The summed E-state index contributed by atoms with van der Waals surface area (Å²) in [7, 11) is 0. The molecule has 5 nitrogen and oxygen atoms in total. The highest BCUT2D eigenvalue weighted by Gasteiger charge is 2.33. The van der Waals surface area contributed by atoms with E-state index in [1.54, 1.807) is 16.5 Å². The third-order valence-electron chi connectivity index (χ3n) is 4.05. The fourth-order valence-corrected chi connectivity index (χ4v) is 4.09. The minimum Gasteiger partial charge on any atom is -0.305 e. The standard InChI is InChI=1S/C16H12BrN3O2S/c1-9-6-10-7-11(17)2-3-13(10)20(9)15(22)12-8-18-16-19(14(12)21)4-5-23-16/h2-5,7-9H,6H2,1H3/t9-/m1/s1. The molecule has 116 valence electrons. The predicted molar refractivity (Wildman–Crippen MR) is 93.5 cm³/mol. The number of hydrogen-bond acceptors (Lipinski definition) is 4. The number of nitrogens with zero attached hydrogens (tertiary/aromatic N) is 3. The molecule has 3 heterocycles. The van der Waals surface area contributed by atoms with E-state index in [1.807, 2.05) is 25.1 Å². The lowest BCUT2D eigenvalue weighted by Gasteiger charge is -2.22. The minimum absolute atomic E-state index is 0.00868. The SMILES string of the molecule is C[C@@H]1Cc2cc(Br)ccc2N1C(=O)c1cnc2sccn2c1=O. The molecule has 0 saturated carbocycles. The predicted octanol–water partition coefficient (Wildman–Crippen LogP) is 3.11. The van der Waals surface area contributed by atoms with E-state index in [2.05, 4.69) is 20.9 Å². The summed E-state index contributed by atoms with van der Waals surface area (Å²) in [4.78, 5) is 32.0. The van der Waals surface area contributed by atoms with Gasteiger partial charge < -0.3 is 4.90 Å². The van der Waals surface area contributed by atoms with Crippen molar-refractivity contribution in [1.29, 1.82) is 0 Å². The Morgan fingerprint density at radius 1 is 1.43 bits per heavy atom. The lowest BCUT2D eigenvalue weighted by Crippen LogP contribution is -2.39. The van der Waals surface area contributed by atoms with Crippen LogP contribution in [0.15, 0.2) is 45.2 Å². The van der Waals surface area contributed by atoms with Crippen molar-refractivity contribution in [2.75, 3.05) is 4.90 Å². The maximum atomic E-state index is 13.0. The average Bonchev–Trinajstić information content (AvgIpc) is 3.10. The van der Waals surface area contributed by atoms with E-state index in [-0.39, 0.29) is 23.1 Å². The van der Waals surface area contributed by atoms with Gasteiger partial charge in [0.2, 0.25) is 0 Å². The van der Waals surface area contributed by atoms with Gasteiger partial charge in [-0.3, -0.25) is 14.0 Å². The second-order valence-corrected chi connectivity index (χ2v) is 7.32. The molecule has 1 aliphatic heterocycles. The number of amides is 1. The Kier molecular flexibility index (Phi) is 3.35. The van der Waals surface area contributed by atoms with Crippen LogP contribution in [0.25, 0.3) is 4.96 Å². The maximum absolute atomic E-state index is 13.0. The largest absolute Gasteiger partial charge is 0.305 e. The normalized spacial score (nSPS) is 16.8. The van der Waals surface area contributed by atoms with E-state index in [4.69, 9.17) is 0 Å². The van der Waals surface area contributed by atoms with E-state index in [1.165, 1.54) is 21.9 Å². The summed E-state index contributed by atoms with van der Waals surface area (Å²) in [5.74, 6) is -0.295. The number of hydrogen-bond donors (Lipinski definition) is 0. The monoisotopic (exact) mass is 389 g/mol. The van der Waals surface area contributed by atoms with Gasteiger partial charge in [0.15, 0.2) is 4.96 Å². The van der Waals surface area contributed by atoms with E-state index in [0.29, 0.717) is 4.96 Å². The van der Waals surface area contributed by atoms with E-state index in [9.17, 15) is 9.59 Å². The first kappa shape index (κ1) is 14.6. The molecule has 4 rings (SSSR count). The number of carbonyl (C=O) groups excluding carboxylic acids is 1. The molecule has 0 radical (unpaired) electrons. The third kappa shape index (κ3) is 2.22. The molecule has 0 bridgehead atoms. The highest BCUT2D eigenvalue weighted by Crippen LogP contribution is 2.34. The Morgan fingerprint density at radius 3 is 3.09 bits per heavy atom. The Bertz CT molecular complexity index is 994. The van der Waals surface area contributed by atoms with Crippen molar-refractivity contribution in [3.05, 3.63) is 61.9 Å². The first-order chi connectivity index (χ1) is 11.1. The second-order valence-electron chi connectivity index (χ2n) is 5.53. The Morgan fingerprint density at radius 2 is 2.26 bits per heavy atom. The maximum Gasteiger partial charge on any atom is 0.271 e. The van der Waals surface area contributed by atoms with E-state index in [0.717, 1.165) is 22.1 Å². The Balaban J connectivity index is 1.83. The van der Waals surface area contributed by atoms with E-state index < -0.39 is 0 Å². The van der Waals surface area contributed by atoms with Gasteiger partial charge in [0.1, 0.15) is 5.56 Å². The number of carbonyl (C=O) groups is 1. The molecule has 0 fully saturated rings. The molecule has 0 aliphatic carbocycles. The third-order valence-corrected chi connectivity index (χ3v) is 5.31. The summed E-state index contributed by atoms with van der Waals surface area (Å²) in [6.45, 7) is 1.99. The molecule has 0 saturated heterocycles. The second kappa shape index (κ2) is 5.28. The van der Waals surface area contributed by atoms with Gasteiger partial charge in [-0.15, -0.1) is 11.3 Å². The van der Waals surface area contributed by atoms with Crippen molar-refractivity contribution in [2.24, 2.45) is 0 Å². The number of fused-ring (bicyclic) bond motifs is 2. The van der Waals surface area contributed by atoms with Crippen molar-refractivity contribution < 1.29 is 4.79 Å². The van der Waals surface area contributed by atoms with Crippen molar-refractivity contribution in [3.8, 4) is 0 Å². The fraction of sp³-hybridized carbons (Fsp3) is 0.188. The Labute approximate surface area is 144 Å². The van der Waals surface area contributed by atoms with Crippen LogP contribution in [0.5, 0.6) is 0 Å². The van der Waals surface area contributed by atoms with Gasteiger partial charge in [-0.25, -0.2) is 4.98 Å². The van der Waals surface area contributed by atoms with Gasteiger partial charge in [-0.2, -0.15) is 0 Å².